The molecule has 3 heteroatoms. The summed E-state index contributed by atoms with van der Waals surface area (Å²) in [6.45, 7) is 4.41. The molecule has 2 rings (SSSR count). The molecule has 112 valence electrons. The summed E-state index contributed by atoms with van der Waals surface area (Å²) in [5.41, 5.74) is 8.46. The van der Waals surface area contributed by atoms with Crippen LogP contribution in [-0.2, 0) is 5.75 Å². The van der Waals surface area contributed by atoms with Crippen molar-refractivity contribution in [3.05, 3.63) is 29.3 Å². The van der Waals surface area contributed by atoms with E-state index in [4.69, 9.17) is 10.5 Å². The van der Waals surface area contributed by atoms with E-state index >= 15 is 0 Å². The highest BCUT2D eigenvalue weighted by molar-refractivity contribution is 7.99. The van der Waals surface area contributed by atoms with Gasteiger partial charge in [0.25, 0.3) is 0 Å². The average molecular weight is 293 g/mol. The van der Waals surface area contributed by atoms with Gasteiger partial charge < -0.3 is 10.5 Å². The molecule has 1 aliphatic carbocycles. The molecule has 1 fully saturated rings. The van der Waals surface area contributed by atoms with Crippen LogP contribution in [0.25, 0.3) is 0 Å². The number of hydrogen-bond acceptors (Lipinski definition) is 3. The van der Waals surface area contributed by atoms with Gasteiger partial charge in [-0.3, -0.25) is 0 Å². The Morgan fingerprint density at radius 3 is 2.85 bits per heavy atom. The summed E-state index contributed by atoms with van der Waals surface area (Å²) < 4.78 is 5.49. The monoisotopic (exact) mass is 293 g/mol. The Labute approximate surface area is 127 Å². The number of ether oxygens (including phenoxy) is 1. The molecule has 3 unspecified atom stereocenters. The van der Waals surface area contributed by atoms with Gasteiger partial charge >= 0.3 is 0 Å². The van der Waals surface area contributed by atoms with Crippen LogP contribution in [-0.4, -0.2) is 12.4 Å². The molecule has 3 atom stereocenters. The van der Waals surface area contributed by atoms with Crippen LogP contribution in [0.15, 0.2) is 18.2 Å². The third kappa shape index (κ3) is 4.16. The molecule has 1 aliphatic rings. The Bertz CT molecular complexity index is 433. The minimum absolute atomic E-state index is 0.0827. The Balaban J connectivity index is 2.01. The van der Waals surface area contributed by atoms with E-state index < -0.39 is 0 Å². The van der Waals surface area contributed by atoms with Gasteiger partial charge in [-0.25, -0.2) is 0 Å². The van der Waals surface area contributed by atoms with Gasteiger partial charge in [-0.2, -0.15) is 11.8 Å². The van der Waals surface area contributed by atoms with Crippen molar-refractivity contribution in [1.29, 1.82) is 0 Å². The fourth-order valence-electron chi connectivity index (χ4n) is 2.93. The van der Waals surface area contributed by atoms with Crippen LogP contribution in [0, 0.1) is 5.92 Å². The predicted molar refractivity (Wildman–Crippen MR) is 88.3 cm³/mol. The SMILES string of the molecule is COc1ccc(C(C)N)cc1CSC1CCCC(C)C1. The minimum Gasteiger partial charge on any atom is -0.496 e. The van der Waals surface area contributed by atoms with Crippen LogP contribution in [0.4, 0.5) is 0 Å². The molecular formula is C17H27NOS. The Morgan fingerprint density at radius 1 is 1.40 bits per heavy atom. The molecule has 1 saturated carbocycles. The van der Waals surface area contributed by atoms with Crippen molar-refractivity contribution in [2.75, 3.05) is 7.11 Å². The van der Waals surface area contributed by atoms with Gasteiger partial charge in [-0.1, -0.05) is 25.8 Å². The van der Waals surface area contributed by atoms with Crippen molar-refractivity contribution in [2.45, 2.75) is 56.6 Å². The molecule has 1 aromatic rings. The first kappa shape index (κ1) is 15.7. The van der Waals surface area contributed by atoms with Gasteiger partial charge in [0.05, 0.1) is 7.11 Å². The summed E-state index contributed by atoms with van der Waals surface area (Å²) in [5.74, 6) is 2.91. The van der Waals surface area contributed by atoms with E-state index in [2.05, 4.69) is 36.9 Å². The number of nitrogens with two attached hydrogens (primary N) is 1. The Hall–Kier alpha value is -0.670. The fraction of sp³-hybridized carbons (Fsp3) is 0.647. The zero-order valence-corrected chi connectivity index (χ0v) is 13.7. The lowest BCUT2D eigenvalue weighted by Gasteiger charge is -2.26. The zero-order chi connectivity index (χ0) is 14.5. The molecule has 0 radical (unpaired) electrons. The van der Waals surface area contributed by atoms with E-state index in [0.717, 1.165) is 22.7 Å². The second-order valence-corrected chi connectivity index (χ2v) is 7.35. The summed E-state index contributed by atoms with van der Waals surface area (Å²) in [4.78, 5) is 0. The second-order valence-electron chi connectivity index (χ2n) is 6.06. The molecule has 2 N–H and O–H groups in total. The molecule has 0 spiro atoms. The quantitative estimate of drug-likeness (QED) is 0.866. The number of benzene rings is 1. The van der Waals surface area contributed by atoms with E-state index in [1.807, 2.05) is 6.92 Å². The summed E-state index contributed by atoms with van der Waals surface area (Å²) in [7, 11) is 1.75. The maximum atomic E-state index is 5.98. The maximum absolute atomic E-state index is 5.98. The predicted octanol–water partition coefficient (Wildman–Crippen LogP) is 4.53. The van der Waals surface area contributed by atoms with Crippen molar-refractivity contribution < 1.29 is 4.74 Å². The molecular weight excluding hydrogens is 266 g/mol. The molecule has 0 amide bonds. The van der Waals surface area contributed by atoms with Crippen LogP contribution < -0.4 is 10.5 Å². The summed E-state index contributed by atoms with van der Waals surface area (Å²) in [6.07, 6.45) is 5.51. The average Bonchev–Trinajstić information content (AvgIpc) is 2.44. The largest absolute Gasteiger partial charge is 0.496 e. The topological polar surface area (TPSA) is 35.2 Å². The van der Waals surface area contributed by atoms with Gasteiger partial charge in [-0.05, 0) is 43.4 Å². The minimum atomic E-state index is 0.0827. The normalized spacial score (nSPS) is 24.4. The lowest BCUT2D eigenvalue weighted by Crippen LogP contribution is -2.15. The van der Waals surface area contributed by atoms with Crippen LogP contribution in [0.5, 0.6) is 5.75 Å². The number of hydrogen-bond donors (Lipinski definition) is 1. The van der Waals surface area contributed by atoms with E-state index in [-0.39, 0.29) is 6.04 Å². The standard InChI is InChI=1S/C17H27NOS/c1-12-5-4-6-16(9-12)20-11-15-10-14(13(2)18)7-8-17(15)19-3/h7-8,10,12-13,16H,4-6,9,11,18H2,1-3H3. The van der Waals surface area contributed by atoms with Gasteiger partial charge in [0.15, 0.2) is 0 Å². The van der Waals surface area contributed by atoms with E-state index in [9.17, 15) is 0 Å². The number of rotatable bonds is 5. The summed E-state index contributed by atoms with van der Waals surface area (Å²) in [5, 5.41) is 0.808. The van der Waals surface area contributed by atoms with Gasteiger partial charge in [0, 0.05) is 22.6 Å². The van der Waals surface area contributed by atoms with Crippen LogP contribution in [0.3, 0.4) is 0 Å². The zero-order valence-electron chi connectivity index (χ0n) is 12.9. The fourth-order valence-corrected chi connectivity index (χ4v) is 4.37. The van der Waals surface area contributed by atoms with Crippen molar-refractivity contribution >= 4 is 11.8 Å². The first-order valence-corrected chi connectivity index (χ1v) is 8.69. The van der Waals surface area contributed by atoms with Crippen molar-refractivity contribution in [3.8, 4) is 5.75 Å². The maximum Gasteiger partial charge on any atom is 0.122 e. The first-order valence-electron chi connectivity index (χ1n) is 7.64. The van der Waals surface area contributed by atoms with E-state index in [1.165, 1.54) is 36.8 Å². The van der Waals surface area contributed by atoms with Crippen molar-refractivity contribution in [3.63, 3.8) is 0 Å². The highest BCUT2D eigenvalue weighted by Gasteiger charge is 2.19. The van der Waals surface area contributed by atoms with E-state index in [0.29, 0.717) is 0 Å². The molecule has 1 aromatic carbocycles. The first-order chi connectivity index (χ1) is 9.60. The highest BCUT2D eigenvalue weighted by Crippen LogP contribution is 2.35. The lowest BCUT2D eigenvalue weighted by atomic mass is 9.91. The van der Waals surface area contributed by atoms with Crippen LogP contribution in [0.1, 0.15) is 56.7 Å². The lowest BCUT2D eigenvalue weighted by molar-refractivity contribution is 0.394. The molecule has 0 bridgehead atoms. The van der Waals surface area contributed by atoms with Gasteiger partial charge in [-0.15, -0.1) is 0 Å². The second kappa shape index (κ2) is 7.37. The molecule has 2 nitrogen and oxygen atoms in total. The number of methoxy groups -OCH3 is 1. The highest BCUT2D eigenvalue weighted by atomic mass is 32.2. The van der Waals surface area contributed by atoms with Crippen molar-refractivity contribution in [2.24, 2.45) is 11.7 Å². The molecule has 0 saturated heterocycles. The molecule has 20 heavy (non-hydrogen) atoms. The Kier molecular flexibility index (Phi) is 5.79. The molecule has 0 aliphatic heterocycles. The Morgan fingerprint density at radius 2 is 2.20 bits per heavy atom. The smallest absolute Gasteiger partial charge is 0.122 e. The third-order valence-corrected chi connectivity index (χ3v) is 5.57. The molecule has 0 aromatic heterocycles. The van der Waals surface area contributed by atoms with Gasteiger partial charge in [0.2, 0.25) is 0 Å². The molecule has 0 heterocycles. The third-order valence-electron chi connectivity index (χ3n) is 4.19. The summed E-state index contributed by atoms with van der Waals surface area (Å²) >= 11 is 2.08. The van der Waals surface area contributed by atoms with Gasteiger partial charge in [0.1, 0.15) is 5.75 Å². The summed E-state index contributed by atoms with van der Waals surface area (Å²) in [6, 6.07) is 6.42. The van der Waals surface area contributed by atoms with Crippen molar-refractivity contribution in [1.82, 2.24) is 0 Å². The van der Waals surface area contributed by atoms with Crippen LogP contribution >= 0.6 is 11.8 Å². The number of thioether (sulfide) groups is 1. The van der Waals surface area contributed by atoms with Crippen LogP contribution in [0.2, 0.25) is 0 Å². The van der Waals surface area contributed by atoms with E-state index in [1.54, 1.807) is 7.11 Å².